The maximum Gasteiger partial charge on any atom is 0.311 e. The number of rotatable bonds is 7. The van der Waals surface area contributed by atoms with Gasteiger partial charge in [0, 0.05) is 23.3 Å². The van der Waals surface area contributed by atoms with Crippen molar-refractivity contribution in [1.82, 2.24) is 0 Å². The van der Waals surface area contributed by atoms with Crippen LogP contribution in [-0.4, -0.2) is 20.2 Å². The number of benzene rings is 2. The Hall–Kier alpha value is -2.23. The molecule has 0 radical (unpaired) electrons. The predicted octanol–water partition coefficient (Wildman–Crippen LogP) is 4.34. The number of esters is 1. The van der Waals surface area contributed by atoms with Crippen molar-refractivity contribution in [2.75, 3.05) is 14.2 Å². The molecule has 22 heavy (non-hydrogen) atoms. The molecule has 0 unspecified atom stereocenters. The first kappa shape index (κ1) is 16.1. The summed E-state index contributed by atoms with van der Waals surface area (Å²) >= 11 is 0. The smallest absolute Gasteiger partial charge is 0.311 e. The van der Waals surface area contributed by atoms with Crippen LogP contribution in [0.25, 0.3) is 10.8 Å². The normalized spacial score (nSPS) is 10.5. The second-order valence-electron chi connectivity index (χ2n) is 5.09. The third-order valence-corrected chi connectivity index (χ3v) is 3.56. The molecule has 0 amide bonds. The van der Waals surface area contributed by atoms with Gasteiger partial charge in [-0.05, 0) is 6.42 Å². The van der Waals surface area contributed by atoms with Crippen LogP contribution in [0, 0.1) is 0 Å². The lowest BCUT2D eigenvalue weighted by atomic mass is 10.1. The lowest BCUT2D eigenvalue weighted by Crippen LogP contribution is -2.08. The van der Waals surface area contributed by atoms with Crippen molar-refractivity contribution in [3.8, 4) is 17.2 Å². The van der Waals surface area contributed by atoms with E-state index in [4.69, 9.17) is 14.2 Å². The molecule has 0 spiro atoms. The molecule has 0 heterocycles. The maximum atomic E-state index is 12.0. The summed E-state index contributed by atoms with van der Waals surface area (Å²) in [7, 11) is 3.17. The van der Waals surface area contributed by atoms with Crippen molar-refractivity contribution in [1.29, 1.82) is 0 Å². The Labute approximate surface area is 131 Å². The number of carbonyl (C=O) groups excluding carboxylic acids is 1. The molecule has 4 nitrogen and oxygen atoms in total. The average Bonchev–Trinajstić information content (AvgIpc) is 2.54. The lowest BCUT2D eigenvalue weighted by Gasteiger charge is -2.14. The van der Waals surface area contributed by atoms with E-state index in [-0.39, 0.29) is 5.97 Å². The highest BCUT2D eigenvalue weighted by atomic mass is 16.5. The van der Waals surface area contributed by atoms with Gasteiger partial charge in [0.15, 0.2) is 11.5 Å². The van der Waals surface area contributed by atoms with E-state index in [0.29, 0.717) is 23.7 Å². The number of fused-ring (bicyclic) bond motifs is 1. The zero-order valence-corrected chi connectivity index (χ0v) is 13.3. The molecule has 0 aromatic heterocycles. The molecule has 118 valence electrons. The Bertz CT molecular complexity index is 649. The Kier molecular flexibility index (Phi) is 5.64. The summed E-state index contributed by atoms with van der Waals surface area (Å²) in [5, 5.41) is 1.70. The fourth-order valence-corrected chi connectivity index (χ4v) is 2.43. The summed E-state index contributed by atoms with van der Waals surface area (Å²) in [6.45, 7) is 2.10. The Balaban J connectivity index is 2.35. The molecule has 0 fully saturated rings. The van der Waals surface area contributed by atoms with E-state index in [0.717, 1.165) is 30.0 Å². The van der Waals surface area contributed by atoms with Crippen LogP contribution < -0.4 is 14.2 Å². The van der Waals surface area contributed by atoms with Crippen LogP contribution in [0.2, 0.25) is 0 Å². The maximum absolute atomic E-state index is 12.0. The van der Waals surface area contributed by atoms with Gasteiger partial charge in [-0.15, -0.1) is 0 Å². The second-order valence-corrected chi connectivity index (χ2v) is 5.09. The molecule has 0 atom stereocenters. The van der Waals surface area contributed by atoms with Crippen molar-refractivity contribution in [2.24, 2.45) is 0 Å². The molecular formula is C18H22O4. The molecule has 0 aliphatic heterocycles. The van der Waals surface area contributed by atoms with Gasteiger partial charge in [-0.3, -0.25) is 4.79 Å². The Morgan fingerprint density at radius 1 is 1.00 bits per heavy atom. The van der Waals surface area contributed by atoms with Gasteiger partial charge in [-0.2, -0.15) is 0 Å². The van der Waals surface area contributed by atoms with E-state index < -0.39 is 0 Å². The highest BCUT2D eigenvalue weighted by Gasteiger charge is 2.16. The van der Waals surface area contributed by atoms with E-state index in [1.165, 1.54) is 0 Å². The van der Waals surface area contributed by atoms with E-state index in [1.807, 2.05) is 24.3 Å². The van der Waals surface area contributed by atoms with E-state index >= 15 is 0 Å². The highest BCUT2D eigenvalue weighted by Crippen LogP contribution is 2.41. The standard InChI is InChI=1S/C18H22O4/c1-4-5-6-11-17(19)22-15-12-16(20-2)18(21-3)14-10-8-7-9-13(14)15/h7-10,12H,4-6,11H2,1-3H3. The number of unbranched alkanes of at least 4 members (excludes halogenated alkanes) is 2. The van der Waals surface area contributed by atoms with Crippen molar-refractivity contribution in [3.05, 3.63) is 30.3 Å². The minimum atomic E-state index is -0.217. The zero-order chi connectivity index (χ0) is 15.9. The quantitative estimate of drug-likeness (QED) is 0.433. The summed E-state index contributed by atoms with van der Waals surface area (Å²) in [5.74, 6) is 1.49. The van der Waals surface area contributed by atoms with Gasteiger partial charge >= 0.3 is 5.97 Å². The van der Waals surface area contributed by atoms with E-state index in [2.05, 4.69) is 6.92 Å². The molecule has 0 aliphatic rings. The predicted molar refractivity (Wildman–Crippen MR) is 86.8 cm³/mol. The highest BCUT2D eigenvalue weighted by molar-refractivity contribution is 5.96. The van der Waals surface area contributed by atoms with E-state index in [1.54, 1.807) is 20.3 Å². The SMILES string of the molecule is CCCCCC(=O)Oc1cc(OC)c(OC)c2ccccc12. The average molecular weight is 302 g/mol. The summed E-state index contributed by atoms with van der Waals surface area (Å²) in [4.78, 5) is 12.0. The molecule has 4 heteroatoms. The van der Waals surface area contributed by atoms with Gasteiger partial charge in [0.25, 0.3) is 0 Å². The number of methoxy groups -OCH3 is 2. The van der Waals surface area contributed by atoms with Crippen LogP contribution in [0.1, 0.15) is 32.6 Å². The number of hydrogen-bond donors (Lipinski definition) is 0. The summed E-state index contributed by atoms with van der Waals surface area (Å²) in [6, 6.07) is 9.36. The van der Waals surface area contributed by atoms with Gasteiger partial charge in [0.05, 0.1) is 14.2 Å². The topological polar surface area (TPSA) is 44.8 Å². The van der Waals surface area contributed by atoms with Gasteiger partial charge in [0.1, 0.15) is 5.75 Å². The third-order valence-electron chi connectivity index (χ3n) is 3.56. The summed E-state index contributed by atoms with van der Waals surface area (Å²) in [6.07, 6.45) is 3.38. The molecule has 2 rings (SSSR count). The van der Waals surface area contributed by atoms with E-state index in [9.17, 15) is 4.79 Å². The van der Waals surface area contributed by atoms with Gasteiger partial charge in [-0.25, -0.2) is 0 Å². The number of hydrogen-bond acceptors (Lipinski definition) is 4. The van der Waals surface area contributed by atoms with Gasteiger partial charge in [-0.1, -0.05) is 44.0 Å². The monoisotopic (exact) mass is 302 g/mol. The van der Waals surface area contributed by atoms with Crippen LogP contribution in [-0.2, 0) is 4.79 Å². The first-order valence-electron chi connectivity index (χ1n) is 7.55. The second kappa shape index (κ2) is 7.69. The zero-order valence-electron chi connectivity index (χ0n) is 13.3. The van der Waals surface area contributed by atoms with Crippen LogP contribution in [0.15, 0.2) is 30.3 Å². The fourth-order valence-electron chi connectivity index (χ4n) is 2.43. The molecule has 2 aromatic rings. The van der Waals surface area contributed by atoms with Crippen molar-refractivity contribution in [3.63, 3.8) is 0 Å². The molecule has 0 bridgehead atoms. The van der Waals surface area contributed by atoms with Gasteiger partial charge in [0.2, 0.25) is 0 Å². The van der Waals surface area contributed by atoms with Crippen LogP contribution in [0.4, 0.5) is 0 Å². The third kappa shape index (κ3) is 3.50. The molecular weight excluding hydrogens is 280 g/mol. The minimum Gasteiger partial charge on any atom is -0.493 e. The summed E-state index contributed by atoms with van der Waals surface area (Å²) in [5.41, 5.74) is 0. The molecule has 0 saturated carbocycles. The van der Waals surface area contributed by atoms with Crippen molar-refractivity contribution < 1.29 is 19.0 Å². The van der Waals surface area contributed by atoms with Crippen molar-refractivity contribution in [2.45, 2.75) is 32.6 Å². The minimum absolute atomic E-state index is 0.217. The van der Waals surface area contributed by atoms with Crippen molar-refractivity contribution >= 4 is 16.7 Å². The molecule has 0 N–H and O–H groups in total. The Morgan fingerprint density at radius 3 is 2.36 bits per heavy atom. The van der Waals surface area contributed by atoms with Crippen LogP contribution >= 0.6 is 0 Å². The molecule has 2 aromatic carbocycles. The molecule has 0 aliphatic carbocycles. The number of ether oxygens (including phenoxy) is 3. The fraction of sp³-hybridized carbons (Fsp3) is 0.389. The first-order chi connectivity index (χ1) is 10.7. The van der Waals surface area contributed by atoms with Crippen LogP contribution in [0.5, 0.6) is 17.2 Å². The molecule has 0 saturated heterocycles. The summed E-state index contributed by atoms with van der Waals surface area (Å²) < 4.78 is 16.3. The van der Waals surface area contributed by atoms with Gasteiger partial charge < -0.3 is 14.2 Å². The largest absolute Gasteiger partial charge is 0.493 e. The Morgan fingerprint density at radius 2 is 1.73 bits per heavy atom. The number of carbonyl (C=O) groups is 1. The van der Waals surface area contributed by atoms with Crippen LogP contribution in [0.3, 0.4) is 0 Å². The lowest BCUT2D eigenvalue weighted by molar-refractivity contribution is -0.134. The first-order valence-corrected chi connectivity index (χ1v) is 7.55.